The van der Waals surface area contributed by atoms with Gasteiger partial charge in [0.1, 0.15) is 5.69 Å². The molecule has 0 unspecified atom stereocenters. The third-order valence-corrected chi connectivity index (χ3v) is 3.49. The molecular weight excluding hydrogens is 326 g/mol. The topological polar surface area (TPSA) is 84.3 Å². The van der Waals surface area contributed by atoms with Gasteiger partial charge in [-0.2, -0.15) is 0 Å². The Morgan fingerprint density at radius 1 is 1.45 bits per heavy atom. The number of anilines is 1. The average Bonchev–Trinajstić information content (AvgIpc) is 3.18. The predicted octanol–water partition coefficient (Wildman–Crippen LogP) is 2.83. The number of carbonyl (C=O) groups is 1. The fourth-order valence-electron chi connectivity index (χ4n) is 1.81. The van der Waals surface area contributed by atoms with E-state index < -0.39 is 4.92 Å². The van der Waals surface area contributed by atoms with E-state index in [9.17, 15) is 14.9 Å². The summed E-state index contributed by atoms with van der Waals surface area (Å²) in [6.45, 7) is 0.523. The summed E-state index contributed by atoms with van der Waals surface area (Å²) >= 11 is 3.28. The van der Waals surface area contributed by atoms with Crippen molar-refractivity contribution in [3.63, 3.8) is 0 Å². The lowest BCUT2D eigenvalue weighted by Gasteiger charge is -2.08. The summed E-state index contributed by atoms with van der Waals surface area (Å²) in [5.41, 5.74) is 0.502. The minimum absolute atomic E-state index is 0.0376. The Morgan fingerprint density at radius 2 is 2.20 bits per heavy atom. The highest BCUT2D eigenvalue weighted by atomic mass is 79.9. The van der Waals surface area contributed by atoms with Gasteiger partial charge in [0.05, 0.1) is 4.92 Å². The molecular formula is C13H16BrN3O3. The number of hydrogen-bond donors (Lipinski definition) is 2. The summed E-state index contributed by atoms with van der Waals surface area (Å²) < 4.78 is 0.775. The number of nitrogens with zero attached hydrogens (tertiary/aromatic N) is 1. The SMILES string of the molecule is O=C(CCCNc1cc(Br)ccc1[N+](=O)[O-])NC1CC1. The van der Waals surface area contributed by atoms with E-state index in [1.807, 2.05) is 0 Å². The molecule has 0 atom stereocenters. The largest absolute Gasteiger partial charge is 0.379 e. The number of halogens is 1. The standard InChI is InChI=1S/C13H16BrN3O3/c14-9-3-6-12(17(19)20)11(8-9)15-7-1-2-13(18)16-10-4-5-10/h3,6,8,10,15H,1-2,4-5,7H2,(H,16,18). The fraction of sp³-hybridized carbons (Fsp3) is 0.462. The van der Waals surface area contributed by atoms with Crippen molar-refractivity contribution in [3.8, 4) is 0 Å². The van der Waals surface area contributed by atoms with Crippen molar-refractivity contribution in [1.29, 1.82) is 0 Å². The smallest absolute Gasteiger partial charge is 0.292 e. The summed E-state index contributed by atoms with van der Waals surface area (Å²) in [6, 6.07) is 5.13. The number of rotatable bonds is 7. The first-order chi connectivity index (χ1) is 9.56. The highest BCUT2D eigenvalue weighted by Crippen LogP contribution is 2.27. The van der Waals surface area contributed by atoms with Gasteiger partial charge in [-0.05, 0) is 31.4 Å². The maximum atomic E-state index is 11.5. The van der Waals surface area contributed by atoms with Gasteiger partial charge in [-0.25, -0.2) is 0 Å². The Bertz CT molecular complexity index is 518. The Kier molecular flexibility index (Phi) is 4.94. The van der Waals surface area contributed by atoms with Crippen LogP contribution in [0.5, 0.6) is 0 Å². The van der Waals surface area contributed by atoms with Crippen LogP contribution < -0.4 is 10.6 Å². The van der Waals surface area contributed by atoms with Gasteiger partial charge in [-0.1, -0.05) is 15.9 Å². The molecule has 1 aromatic carbocycles. The average molecular weight is 342 g/mol. The first-order valence-corrected chi connectivity index (χ1v) is 7.33. The Balaban J connectivity index is 1.79. The Morgan fingerprint density at radius 3 is 2.85 bits per heavy atom. The lowest BCUT2D eigenvalue weighted by molar-refractivity contribution is -0.384. The predicted molar refractivity (Wildman–Crippen MR) is 79.7 cm³/mol. The minimum atomic E-state index is -0.422. The van der Waals surface area contributed by atoms with E-state index in [4.69, 9.17) is 0 Å². The number of nitro benzene ring substituents is 1. The van der Waals surface area contributed by atoms with Gasteiger partial charge >= 0.3 is 0 Å². The summed E-state index contributed by atoms with van der Waals surface area (Å²) in [5, 5.41) is 16.8. The van der Waals surface area contributed by atoms with Crippen molar-refractivity contribution in [1.82, 2.24) is 5.32 Å². The van der Waals surface area contributed by atoms with Gasteiger partial charge in [-0.3, -0.25) is 14.9 Å². The zero-order chi connectivity index (χ0) is 14.5. The molecule has 1 aliphatic carbocycles. The van der Waals surface area contributed by atoms with Crippen LogP contribution in [-0.4, -0.2) is 23.4 Å². The van der Waals surface area contributed by atoms with E-state index in [1.165, 1.54) is 6.07 Å². The lowest BCUT2D eigenvalue weighted by Crippen LogP contribution is -2.25. The number of nitrogens with one attached hydrogen (secondary N) is 2. The van der Waals surface area contributed by atoms with Crippen molar-refractivity contribution in [2.24, 2.45) is 0 Å². The summed E-state index contributed by atoms with van der Waals surface area (Å²) in [4.78, 5) is 21.9. The van der Waals surface area contributed by atoms with Gasteiger partial charge in [0.25, 0.3) is 5.69 Å². The molecule has 0 radical (unpaired) electrons. The molecule has 2 N–H and O–H groups in total. The Labute approximate surface area is 125 Å². The number of amides is 1. The molecule has 0 bridgehead atoms. The molecule has 0 spiro atoms. The van der Waals surface area contributed by atoms with Crippen molar-refractivity contribution in [2.45, 2.75) is 31.7 Å². The van der Waals surface area contributed by atoms with Crippen LogP contribution in [0.3, 0.4) is 0 Å². The number of carbonyl (C=O) groups excluding carboxylic acids is 1. The zero-order valence-electron chi connectivity index (χ0n) is 10.9. The van der Waals surface area contributed by atoms with Crippen LogP contribution in [0.1, 0.15) is 25.7 Å². The first kappa shape index (κ1) is 14.8. The second kappa shape index (κ2) is 6.69. The van der Waals surface area contributed by atoms with Crippen LogP contribution in [0.15, 0.2) is 22.7 Å². The molecule has 2 rings (SSSR count). The first-order valence-electron chi connectivity index (χ1n) is 6.53. The number of nitro groups is 1. The maximum absolute atomic E-state index is 11.5. The molecule has 108 valence electrons. The van der Waals surface area contributed by atoms with Gasteiger partial charge in [0, 0.05) is 29.5 Å². The van der Waals surface area contributed by atoms with Crippen LogP contribution >= 0.6 is 15.9 Å². The normalized spacial score (nSPS) is 13.8. The van der Waals surface area contributed by atoms with Gasteiger partial charge in [0.15, 0.2) is 0 Å². The van der Waals surface area contributed by atoms with E-state index in [0.29, 0.717) is 31.1 Å². The molecule has 1 saturated carbocycles. The van der Waals surface area contributed by atoms with Crippen molar-refractivity contribution < 1.29 is 9.72 Å². The summed E-state index contributed by atoms with van der Waals surface area (Å²) in [7, 11) is 0. The maximum Gasteiger partial charge on any atom is 0.292 e. The lowest BCUT2D eigenvalue weighted by atomic mass is 10.2. The molecule has 6 nitrogen and oxygen atoms in total. The van der Waals surface area contributed by atoms with Gasteiger partial charge in [0.2, 0.25) is 5.91 Å². The number of hydrogen-bond acceptors (Lipinski definition) is 4. The molecule has 1 aromatic rings. The van der Waals surface area contributed by atoms with Crippen molar-refractivity contribution >= 4 is 33.2 Å². The molecule has 0 aromatic heterocycles. The van der Waals surface area contributed by atoms with Crippen LogP contribution in [0.25, 0.3) is 0 Å². The zero-order valence-corrected chi connectivity index (χ0v) is 12.5. The van der Waals surface area contributed by atoms with E-state index in [2.05, 4.69) is 26.6 Å². The molecule has 0 saturated heterocycles. The quantitative estimate of drug-likeness (QED) is 0.453. The van der Waals surface area contributed by atoms with Crippen LogP contribution in [-0.2, 0) is 4.79 Å². The molecule has 0 heterocycles. The fourth-order valence-corrected chi connectivity index (χ4v) is 2.17. The second-order valence-corrected chi connectivity index (χ2v) is 5.71. The highest BCUT2D eigenvalue weighted by molar-refractivity contribution is 9.10. The van der Waals surface area contributed by atoms with Gasteiger partial charge < -0.3 is 10.6 Å². The van der Waals surface area contributed by atoms with Crippen LogP contribution in [0, 0.1) is 10.1 Å². The molecule has 1 amide bonds. The highest BCUT2D eigenvalue weighted by Gasteiger charge is 2.22. The molecule has 20 heavy (non-hydrogen) atoms. The molecule has 7 heteroatoms. The van der Waals surface area contributed by atoms with E-state index in [1.54, 1.807) is 12.1 Å². The third-order valence-electron chi connectivity index (χ3n) is 2.99. The number of benzene rings is 1. The van der Waals surface area contributed by atoms with Crippen molar-refractivity contribution in [3.05, 3.63) is 32.8 Å². The Hall–Kier alpha value is -1.63. The summed E-state index contributed by atoms with van der Waals surface area (Å²) in [5.74, 6) is 0.0537. The monoisotopic (exact) mass is 341 g/mol. The molecule has 0 aliphatic heterocycles. The van der Waals surface area contributed by atoms with Crippen LogP contribution in [0.2, 0.25) is 0 Å². The third kappa shape index (κ3) is 4.48. The van der Waals surface area contributed by atoms with E-state index in [-0.39, 0.29) is 11.6 Å². The summed E-state index contributed by atoms with van der Waals surface area (Å²) in [6.07, 6.45) is 3.23. The van der Waals surface area contributed by atoms with E-state index in [0.717, 1.165) is 17.3 Å². The minimum Gasteiger partial charge on any atom is -0.379 e. The second-order valence-electron chi connectivity index (χ2n) is 4.79. The van der Waals surface area contributed by atoms with Crippen molar-refractivity contribution in [2.75, 3.05) is 11.9 Å². The van der Waals surface area contributed by atoms with Gasteiger partial charge in [-0.15, -0.1) is 0 Å². The van der Waals surface area contributed by atoms with Crippen LogP contribution in [0.4, 0.5) is 11.4 Å². The molecule has 1 fully saturated rings. The van der Waals surface area contributed by atoms with E-state index >= 15 is 0 Å². The molecule has 1 aliphatic rings.